The van der Waals surface area contributed by atoms with E-state index in [9.17, 15) is 5.26 Å². The van der Waals surface area contributed by atoms with Gasteiger partial charge in [-0.3, -0.25) is 4.90 Å². The fourth-order valence-corrected chi connectivity index (χ4v) is 3.31. The minimum Gasteiger partial charge on any atom is -0.299 e. The van der Waals surface area contributed by atoms with Gasteiger partial charge in [0.2, 0.25) is 0 Å². The number of nitriles is 2. The molecule has 1 aliphatic rings. The van der Waals surface area contributed by atoms with E-state index in [2.05, 4.69) is 35.2 Å². The summed E-state index contributed by atoms with van der Waals surface area (Å²) in [6.45, 7) is 2.64. The molecule has 0 bridgehead atoms. The van der Waals surface area contributed by atoms with E-state index < -0.39 is 0 Å². The number of benzene rings is 2. The highest BCUT2D eigenvalue weighted by Crippen LogP contribution is 2.35. The van der Waals surface area contributed by atoms with Crippen LogP contribution in [0.25, 0.3) is 0 Å². The van der Waals surface area contributed by atoms with Crippen LogP contribution < -0.4 is 0 Å². The zero-order chi connectivity index (χ0) is 16.1. The van der Waals surface area contributed by atoms with Crippen LogP contribution in [0, 0.1) is 22.7 Å². The van der Waals surface area contributed by atoms with Gasteiger partial charge in [0.15, 0.2) is 0 Å². The van der Waals surface area contributed by atoms with Gasteiger partial charge in [0.05, 0.1) is 23.1 Å². The summed E-state index contributed by atoms with van der Waals surface area (Å²) in [5.41, 5.74) is 2.64. The molecule has 0 saturated carbocycles. The summed E-state index contributed by atoms with van der Waals surface area (Å²) in [6.07, 6.45) is 1.71. The molecule has 0 amide bonds. The molecule has 2 aromatic rings. The van der Waals surface area contributed by atoms with E-state index in [1.807, 2.05) is 36.4 Å². The Hall–Kier alpha value is -2.62. The SMILES string of the molecule is N#Cc1cccc(CN2CCC(C#N)(c3ccccc3)CC2)c1. The number of likely N-dealkylation sites (tertiary alicyclic amines) is 1. The van der Waals surface area contributed by atoms with Crippen molar-refractivity contribution in [2.75, 3.05) is 13.1 Å². The Labute approximate surface area is 137 Å². The molecule has 0 atom stereocenters. The van der Waals surface area contributed by atoms with Crippen LogP contribution in [0.2, 0.25) is 0 Å². The monoisotopic (exact) mass is 301 g/mol. The third-order valence-corrected chi connectivity index (χ3v) is 4.71. The average Bonchev–Trinajstić information content (AvgIpc) is 2.63. The van der Waals surface area contributed by atoms with Gasteiger partial charge in [0.25, 0.3) is 0 Å². The predicted octanol–water partition coefficient (Wildman–Crippen LogP) is 3.62. The first kappa shape index (κ1) is 15.3. The van der Waals surface area contributed by atoms with Crippen molar-refractivity contribution in [1.29, 1.82) is 10.5 Å². The highest BCUT2D eigenvalue weighted by Gasteiger charge is 2.36. The van der Waals surface area contributed by atoms with Gasteiger partial charge in [-0.2, -0.15) is 10.5 Å². The van der Waals surface area contributed by atoms with Gasteiger partial charge in [-0.15, -0.1) is 0 Å². The third kappa shape index (κ3) is 3.26. The molecule has 3 nitrogen and oxygen atoms in total. The van der Waals surface area contributed by atoms with Gasteiger partial charge in [-0.05, 0) is 36.1 Å². The predicted molar refractivity (Wildman–Crippen MR) is 89.4 cm³/mol. The van der Waals surface area contributed by atoms with Crippen LogP contribution in [0.15, 0.2) is 54.6 Å². The standard InChI is InChI=1S/C20H19N3/c21-14-17-5-4-6-18(13-17)15-23-11-9-20(16-22,10-12-23)19-7-2-1-3-8-19/h1-8,13H,9-12,15H2. The molecule has 1 saturated heterocycles. The molecule has 0 N–H and O–H groups in total. The van der Waals surface area contributed by atoms with Crippen molar-refractivity contribution in [3.8, 4) is 12.1 Å². The van der Waals surface area contributed by atoms with Crippen molar-refractivity contribution in [2.45, 2.75) is 24.8 Å². The van der Waals surface area contributed by atoms with Crippen molar-refractivity contribution in [3.05, 3.63) is 71.3 Å². The lowest BCUT2D eigenvalue weighted by molar-refractivity contribution is 0.179. The molecule has 23 heavy (non-hydrogen) atoms. The second-order valence-electron chi connectivity index (χ2n) is 6.15. The van der Waals surface area contributed by atoms with Crippen LogP contribution in [0.3, 0.4) is 0 Å². The second kappa shape index (κ2) is 6.65. The molecular weight excluding hydrogens is 282 g/mol. The van der Waals surface area contributed by atoms with Crippen molar-refractivity contribution >= 4 is 0 Å². The molecule has 0 spiro atoms. The van der Waals surface area contributed by atoms with Crippen molar-refractivity contribution in [1.82, 2.24) is 4.90 Å². The van der Waals surface area contributed by atoms with Gasteiger partial charge >= 0.3 is 0 Å². The highest BCUT2D eigenvalue weighted by atomic mass is 15.1. The van der Waals surface area contributed by atoms with Crippen molar-refractivity contribution in [3.63, 3.8) is 0 Å². The topological polar surface area (TPSA) is 50.8 Å². The summed E-state index contributed by atoms with van der Waals surface area (Å²) in [4.78, 5) is 2.37. The molecule has 0 radical (unpaired) electrons. The third-order valence-electron chi connectivity index (χ3n) is 4.71. The van der Waals surface area contributed by atoms with E-state index in [-0.39, 0.29) is 5.41 Å². The van der Waals surface area contributed by atoms with Gasteiger partial charge in [0.1, 0.15) is 0 Å². The summed E-state index contributed by atoms with van der Waals surface area (Å²) < 4.78 is 0. The molecule has 0 aliphatic carbocycles. The van der Waals surface area contributed by atoms with Gasteiger partial charge < -0.3 is 0 Å². The normalized spacial score (nSPS) is 17.1. The van der Waals surface area contributed by atoms with Crippen molar-refractivity contribution < 1.29 is 0 Å². The number of hydrogen-bond donors (Lipinski definition) is 0. The minimum absolute atomic E-state index is 0.355. The number of hydrogen-bond acceptors (Lipinski definition) is 3. The fraction of sp³-hybridized carbons (Fsp3) is 0.300. The van der Waals surface area contributed by atoms with E-state index >= 15 is 0 Å². The van der Waals surface area contributed by atoms with Crippen LogP contribution in [-0.2, 0) is 12.0 Å². The van der Waals surface area contributed by atoms with Crippen LogP contribution >= 0.6 is 0 Å². The zero-order valence-corrected chi connectivity index (χ0v) is 13.1. The summed E-state index contributed by atoms with van der Waals surface area (Å²) in [5.74, 6) is 0. The highest BCUT2D eigenvalue weighted by molar-refractivity contribution is 5.34. The molecule has 0 aromatic heterocycles. The van der Waals surface area contributed by atoms with Gasteiger partial charge in [-0.1, -0.05) is 42.5 Å². The number of piperidine rings is 1. The van der Waals surface area contributed by atoms with Crippen LogP contribution in [-0.4, -0.2) is 18.0 Å². The molecule has 2 aromatic carbocycles. The molecule has 1 fully saturated rings. The fourth-order valence-electron chi connectivity index (χ4n) is 3.31. The van der Waals surface area contributed by atoms with Gasteiger partial charge in [0, 0.05) is 19.6 Å². The largest absolute Gasteiger partial charge is 0.299 e. The van der Waals surface area contributed by atoms with E-state index in [0.29, 0.717) is 5.56 Å². The lowest BCUT2D eigenvalue weighted by Gasteiger charge is -2.37. The Balaban J connectivity index is 1.68. The summed E-state index contributed by atoms with van der Waals surface area (Å²) >= 11 is 0. The Kier molecular flexibility index (Phi) is 4.42. The zero-order valence-electron chi connectivity index (χ0n) is 13.1. The Morgan fingerprint density at radius 3 is 2.35 bits per heavy atom. The first-order valence-corrected chi connectivity index (χ1v) is 7.94. The van der Waals surface area contributed by atoms with Crippen LogP contribution in [0.4, 0.5) is 0 Å². The maximum atomic E-state index is 9.73. The molecular formula is C20H19N3. The van der Waals surface area contributed by atoms with Crippen LogP contribution in [0.1, 0.15) is 29.5 Å². The first-order chi connectivity index (χ1) is 11.3. The molecule has 3 rings (SSSR count). The number of rotatable bonds is 3. The average molecular weight is 301 g/mol. The summed E-state index contributed by atoms with van der Waals surface area (Å²) in [6, 6.07) is 22.7. The Bertz CT molecular complexity index is 744. The minimum atomic E-state index is -0.355. The molecule has 114 valence electrons. The molecule has 0 unspecified atom stereocenters. The maximum Gasteiger partial charge on any atom is 0.0991 e. The Morgan fingerprint density at radius 1 is 0.957 bits per heavy atom. The van der Waals surface area contributed by atoms with E-state index in [1.165, 1.54) is 0 Å². The maximum absolute atomic E-state index is 9.73. The van der Waals surface area contributed by atoms with Crippen LogP contribution in [0.5, 0.6) is 0 Å². The summed E-state index contributed by atoms with van der Waals surface area (Å²) in [5, 5.41) is 18.7. The lowest BCUT2D eigenvalue weighted by atomic mass is 9.74. The van der Waals surface area contributed by atoms with Crippen molar-refractivity contribution in [2.24, 2.45) is 0 Å². The second-order valence-corrected chi connectivity index (χ2v) is 6.15. The first-order valence-electron chi connectivity index (χ1n) is 7.94. The Morgan fingerprint density at radius 2 is 1.70 bits per heavy atom. The van der Waals surface area contributed by atoms with E-state index in [0.717, 1.165) is 43.6 Å². The molecule has 3 heteroatoms. The quantitative estimate of drug-likeness (QED) is 0.870. The summed E-state index contributed by atoms with van der Waals surface area (Å²) in [7, 11) is 0. The van der Waals surface area contributed by atoms with E-state index in [4.69, 9.17) is 5.26 Å². The van der Waals surface area contributed by atoms with Gasteiger partial charge in [-0.25, -0.2) is 0 Å². The molecule has 1 heterocycles. The lowest BCUT2D eigenvalue weighted by Crippen LogP contribution is -2.41. The van der Waals surface area contributed by atoms with E-state index in [1.54, 1.807) is 0 Å². The smallest absolute Gasteiger partial charge is 0.0991 e. The number of nitrogens with zero attached hydrogens (tertiary/aromatic N) is 3. The molecule has 1 aliphatic heterocycles.